The van der Waals surface area contributed by atoms with E-state index in [0.29, 0.717) is 23.4 Å². The van der Waals surface area contributed by atoms with Gasteiger partial charge in [0.2, 0.25) is 5.91 Å². The number of anilines is 1. The summed E-state index contributed by atoms with van der Waals surface area (Å²) in [6.45, 7) is 7.63. The van der Waals surface area contributed by atoms with Crippen LogP contribution in [-0.4, -0.2) is 79.2 Å². The molecule has 4 rings (SSSR count). The molecule has 1 aromatic carbocycles. The lowest BCUT2D eigenvalue weighted by Crippen LogP contribution is -2.62. The lowest BCUT2D eigenvalue weighted by Gasteiger charge is -2.40. The number of amides is 2. The summed E-state index contributed by atoms with van der Waals surface area (Å²) in [5.74, 6) is 0.0283. The predicted octanol–water partition coefficient (Wildman–Crippen LogP) is 3.04. The number of carbonyl (C=O) groups excluding carboxylic acids is 2. The molecule has 6 atom stereocenters. The summed E-state index contributed by atoms with van der Waals surface area (Å²) >= 11 is 6.57. The Morgan fingerprint density at radius 2 is 2.00 bits per heavy atom. The lowest BCUT2D eigenvalue weighted by atomic mass is 9.87. The summed E-state index contributed by atoms with van der Waals surface area (Å²) in [6.07, 6.45) is 0.856. The number of rotatable bonds is 2. The molecular formula is C28H35ClN2O8. The van der Waals surface area contributed by atoms with Crippen LogP contribution >= 0.6 is 11.6 Å². The third kappa shape index (κ3) is 5.71. The normalized spacial score (nSPS) is 35.7. The number of hydrogen-bond donors (Lipinski definition) is 3. The van der Waals surface area contributed by atoms with E-state index in [1.165, 1.54) is 19.1 Å². The Labute approximate surface area is 232 Å². The summed E-state index contributed by atoms with van der Waals surface area (Å²) in [6, 6.07) is 3.61. The monoisotopic (exact) mass is 562 g/mol. The first-order chi connectivity index (χ1) is 18.3. The van der Waals surface area contributed by atoms with Crippen LogP contribution < -0.4 is 15.0 Å². The quantitative estimate of drug-likeness (QED) is 0.370. The fourth-order valence-electron chi connectivity index (χ4n) is 5.10. The van der Waals surface area contributed by atoms with Gasteiger partial charge in [0, 0.05) is 20.6 Å². The Bertz CT molecular complexity index is 1230. The molecule has 3 aliphatic heterocycles. The molecule has 0 aliphatic carbocycles. The predicted molar refractivity (Wildman–Crippen MR) is 145 cm³/mol. The van der Waals surface area contributed by atoms with Crippen molar-refractivity contribution in [2.75, 3.05) is 26.2 Å². The highest BCUT2D eigenvalue weighted by atomic mass is 35.5. The van der Waals surface area contributed by atoms with Crippen molar-refractivity contribution in [3.63, 3.8) is 0 Å². The molecule has 11 heteroatoms. The van der Waals surface area contributed by atoms with Gasteiger partial charge in [-0.3, -0.25) is 10.1 Å². The van der Waals surface area contributed by atoms with Crippen LogP contribution in [0.5, 0.6) is 5.75 Å². The molecule has 0 aromatic heterocycles. The fraction of sp³-hybridized carbons (Fsp3) is 0.500. The zero-order chi connectivity index (χ0) is 28.7. The Hall–Kier alpha value is -2.89. The largest absolute Gasteiger partial charge is 0.495 e. The van der Waals surface area contributed by atoms with Crippen LogP contribution in [0.25, 0.3) is 0 Å². The van der Waals surface area contributed by atoms with Crippen LogP contribution in [0.1, 0.15) is 32.3 Å². The van der Waals surface area contributed by atoms with Crippen LogP contribution in [-0.2, 0) is 25.4 Å². The van der Waals surface area contributed by atoms with Crippen molar-refractivity contribution in [3.05, 3.63) is 58.7 Å². The first-order valence-electron chi connectivity index (χ1n) is 12.6. The van der Waals surface area contributed by atoms with Gasteiger partial charge in [-0.1, -0.05) is 42.0 Å². The number of fused-ring (bicyclic) bond motifs is 5. The zero-order valence-electron chi connectivity index (χ0n) is 22.7. The maximum Gasteiger partial charge on any atom is 0.410 e. The average molecular weight is 563 g/mol. The topological polar surface area (TPSA) is 130 Å². The number of aliphatic hydroxyl groups excluding tert-OH is 1. The maximum absolute atomic E-state index is 13.2. The molecule has 0 spiro atoms. The minimum atomic E-state index is -1.79. The van der Waals surface area contributed by atoms with Crippen molar-refractivity contribution in [2.24, 2.45) is 0 Å². The number of epoxide rings is 1. The minimum Gasteiger partial charge on any atom is -0.495 e. The number of hydrogen-bond acceptors (Lipinski definition) is 8. The fourth-order valence-corrected chi connectivity index (χ4v) is 5.41. The third-order valence-electron chi connectivity index (χ3n) is 7.59. The van der Waals surface area contributed by atoms with E-state index in [2.05, 4.69) is 11.9 Å². The molecule has 10 nitrogen and oxygen atoms in total. The number of nitrogens with zero attached hydrogens (tertiary/aromatic N) is 1. The van der Waals surface area contributed by atoms with Crippen molar-refractivity contribution >= 4 is 29.3 Å². The van der Waals surface area contributed by atoms with E-state index in [1.807, 2.05) is 13.0 Å². The van der Waals surface area contributed by atoms with Gasteiger partial charge in [-0.05, 0) is 43.5 Å². The maximum atomic E-state index is 13.2. The van der Waals surface area contributed by atoms with E-state index < -0.39 is 41.8 Å². The highest BCUT2D eigenvalue weighted by Crippen LogP contribution is 2.47. The van der Waals surface area contributed by atoms with Gasteiger partial charge in [0.05, 0.1) is 25.3 Å². The van der Waals surface area contributed by atoms with Crippen molar-refractivity contribution in [2.45, 2.75) is 68.9 Å². The lowest BCUT2D eigenvalue weighted by molar-refractivity contribution is -0.128. The van der Waals surface area contributed by atoms with E-state index in [-0.39, 0.29) is 23.8 Å². The van der Waals surface area contributed by atoms with Crippen molar-refractivity contribution in [1.29, 1.82) is 0 Å². The van der Waals surface area contributed by atoms with Crippen LogP contribution in [0.15, 0.2) is 48.1 Å². The number of benzene rings is 1. The Balaban J connectivity index is 1.75. The van der Waals surface area contributed by atoms with Crippen LogP contribution in [0, 0.1) is 0 Å². The number of carbonyl (C=O) groups is 2. The summed E-state index contributed by atoms with van der Waals surface area (Å²) in [7, 11) is 4.51. The smallest absolute Gasteiger partial charge is 0.410 e. The molecular weight excluding hydrogens is 528 g/mol. The van der Waals surface area contributed by atoms with Gasteiger partial charge in [-0.2, -0.15) is 0 Å². The highest BCUT2D eigenvalue weighted by Gasteiger charge is 2.61. The molecule has 3 aliphatic rings. The number of ether oxygens (including phenoxy) is 4. The van der Waals surface area contributed by atoms with E-state index in [0.717, 1.165) is 11.1 Å². The van der Waals surface area contributed by atoms with Crippen LogP contribution in [0.4, 0.5) is 10.5 Å². The van der Waals surface area contributed by atoms with Crippen LogP contribution in [0.2, 0.25) is 5.02 Å². The molecule has 39 heavy (non-hydrogen) atoms. The van der Waals surface area contributed by atoms with E-state index in [1.54, 1.807) is 38.3 Å². The Kier molecular flexibility index (Phi) is 8.16. The number of methoxy groups -OCH3 is 2. The number of nitrogens with one attached hydrogen (secondary N) is 1. The van der Waals surface area contributed by atoms with Gasteiger partial charge in [0.25, 0.3) is 0 Å². The molecule has 1 aromatic rings. The van der Waals surface area contributed by atoms with Gasteiger partial charge >= 0.3 is 6.09 Å². The summed E-state index contributed by atoms with van der Waals surface area (Å²) in [5.41, 5.74) is -0.323. The van der Waals surface area contributed by atoms with Gasteiger partial charge in [-0.25, -0.2) is 4.79 Å². The molecule has 212 valence electrons. The summed E-state index contributed by atoms with van der Waals surface area (Å²) in [5, 5.41) is 25.1. The second-order valence-corrected chi connectivity index (χ2v) is 10.8. The van der Waals surface area contributed by atoms with Crippen LogP contribution in [0.3, 0.4) is 0 Å². The third-order valence-corrected chi connectivity index (χ3v) is 7.97. The van der Waals surface area contributed by atoms with Crippen molar-refractivity contribution in [3.8, 4) is 5.75 Å². The first-order valence-corrected chi connectivity index (χ1v) is 13.0. The molecule has 0 saturated carbocycles. The SMILES string of the molecule is C=C1C2CC(O)(NC(=O)O2)C(OC)/C=C/C=C(\C)Cc2cc(OC)c(Cl)c(c2)N(C)C(=O)CC(O)C2(C)OC12. The molecule has 4 bridgehead atoms. The Morgan fingerprint density at radius 1 is 1.28 bits per heavy atom. The standard InChI is InChI=1S/C28H35ClN2O8/c1-15-8-7-9-22(37-6)28(35)14-20(38-26(34)30-28)16(2)25-27(3,39-25)21(32)13-23(33)31(4)18-11-17(10-15)12-19(36-5)24(18)29/h7-9,11-12,20-22,25,32,35H,2,10,13-14H2,1,3-6H3,(H,30,34)/b9-7+,15-8+. The second-order valence-electron chi connectivity index (χ2n) is 10.4. The average Bonchev–Trinajstić information content (AvgIpc) is 3.58. The molecule has 3 heterocycles. The molecule has 0 radical (unpaired) electrons. The number of allylic oxidation sites excluding steroid dienone is 3. The zero-order valence-corrected chi connectivity index (χ0v) is 23.4. The number of aliphatic hydroxyl groups is 2. The summed E-state index contributed by atoms with van der Waals surface area (Å²) < 4.78 is 22.2. The molecule has 3 N–H and O–H groups in total. The van der Waals surface area contributed by atoms with Gasteiger partial charge in [-0.15, -0.1) is 0 Å². The first kappa shape index (κ1) is 29.1. The van der Waals surface area contributed by atoms with Gasteiger partial charge < -0.3 is 34.1 Å². The second kappa shape index (κ2) is 10.9. The van der Waals surface area contributed by atoms with Gasteiger partial charge in [0.1, 0.15) is 34.7 Å². The molecule has 2 amide bonds. The Morgan fingerprint density at radius 3 is 2.67 bits per heavy atom. The molecule has 2 saturated heterocycles. The van der Waals surface area contributed by atoms with Gasteiger partial charge in [0.15, 0.2) is 5.72 Å². The van der Waals surface area contributed by atoms with Crippen molar-refractivity contribution in [1.82, 2.24) is 5.32 Å². The number of alkyl carbamates (subject to hydrolysis) is 1. The van der Waals surface area contributed by atoms with E-state index >= 15 is 0 Å². The number of halogens is 1. The summed E-state index contributed by atoms with van der Waals surface area (Å²) in [4.78, 5) is 27.1. The molecule has 6 unspecified atom stereocenters. The molecule has 2 fully saturated rings. The van der Waals surface area contributed by atoms with Crippen molar-refractivity contribution < 1.29 is 38.7 Å². The van der Waals surface area contributed by atoms with E-state index in [9.17, 15) is 19.8 Å². The minimum absolute atomic E-state index is 0.0685. The van der Waals surface area contributed by atoms with E-state index in [4.69, 9.17) is 30.5 Å². The highest BCUT2D eigenvalue weighted by molar-refractivity contribution is 6.35.